The van der Waals surface area contributed by atoms with Crippen molar-refractivity contribution in [2.75, 3.05) is 13.1 Å². The zero-order chi connectivity index (χ0) is 9.52. The summed E-state index contributed by atoms with van der Waals surface area (Å²) < 4.78 is 0. The second-order valence-electron chi connectivity index (χ2n) is 3.83. The van der Waals surface area contributed by atoms with Gasteiger partial charge in [-0.05, 0) is 31.7 Å². The number of nitrogens with one attached hydrogen (secondary N) is 1. The van der Waals surface area contributed by atoms with Gasteiger partial charge < -0.3 is 11.1 Å². The van der Waals surface area contributed by atoms with E-state index in [4.69, 9.17) is 5.73 Å². The molecule has 13 heavy (non-hydrogen) atoms. The van der Waals surface area contributed by atoms with Crippen molar-refractivity contribution < 1.29 is 4.79 Å². The van der Waals surface area contributed by atoms with Crippen molar-refractivity contribution in [3.05, 3.63) is 0 Å². The van der Waals surface area contributed by atoms with Crippen molar-refractivity contribution in [1.29, 1.82) is 0 Å². The van der Waals surface area contributed by atoms with Gasteiger partial charge >= 0.3 is 0 Å². The fourth-order valence-corrected chi connectivity index (χ4v) is 1.34. The van der Waals surface area contributed by atoms with Gasteiger partial charge in [-0.25, -0.2) is 0 Å². The lowest BCUT2D eigenvalue weighted by atomic mass is 10.2. The molecule has 0 aliphatic heterocycles. The molecule has 1 amide bonds. The van der Waals surface area contributed by atoms with Gasteiger partial charge in [0, 0.05) is 13.0 Å². The summed E-state index contributed by atoms with van der Waals surface area (Å²) in [4.78, 5) is 11.2. The molecule has 1 saturated carbocycles. The van der Waals surface area contributed by atoms with Gasteiger partial charge in [-0.2, -0.15) is 0 Å². The summed E-state index contributed by atoms with van der Waals surface area (Å²) in [6.07, 6.45) is 6.42. The first kappa shape index (κ1) is 10.5. The average Bonchev–Trinajstić information content (AvgIpc) is 2.89. The Bertz CT molecular complexity index is 155. The van der Waals surface area contributed by atoms with Crippen molar-refractivity contribution in [3.8, 4) is 0 Å². The van der Waals surface area contributed by atoms with Crippen LogP contribution >= 0.6 is 0 Å². The van der Waals surface area contributed by atoms with E-state index in [9.17, 15) is 4.79 Å². The molecule has 0 saturated heterocycles. The number of hydrogen-bond acceptors (Lipinski definition) is 2. The van der Waals surface area contributed by atoms with Crippen LogP contribution in [0.3, 0.4) is 0 Å². The third-order valence-corrected chi connectivity index (χ3v) is 2.43. The number of carbonyl (C=O) groups excluding carboxylic acids is 1. The van der Waals surface area contributed by atoms with Gasteiger partial charge in [0.2, 0.25) is 5.91 Å². The van der Waals surface area contributed by atoms with Crippen molar-refractivity contribution in [2.24, 2.45) is 11.7 Å². The fraction of sp³-hybridized carbons (Fsp3) is 0.900. The maximum Gasteiger partial charge on any atom is 0.219 e. The third-order valence-electron chi connectivity index (χ3n) is 2.43. The molecule has 1 aliphatic rings. The van der Waals surface area contributed by atoms with E-state index in [1.54, 1.807) is 0 Å². The molecular formula is C10H20N2O. The van der Waals surface area contributed by atoms with E-state index in [1.165, 1.54) is 19.3 Å². The zero-order valence-corrected chi connectivity index (χ0v) is 8.22. The highest BCUT2D eigenvalue weighted by molar-refractivity contribution is 5.75. The normalized spacial score (nSPS) is 15.8. The van der Waals surface area contributed by atoms with Crippen molar-refractivity contribution >= 4 is 5.91 Å². The van der Waals surface area contributed by atoms with E-state index in [0.29, 0.717) is 13.0 Å². The summed E-state index contributed by atoms with van der Waals surface area (Å²) >= 11 is 0. The Morgan fingerprint density at radius 1 is 1.38 bits per heavy atom. The predicted molar refractivity (Wildman–Crippen MR) is 53.3 cm³/mol. The highest BCUT2D eigenvalue weighted by Gasteiger charge is 2.20. The number of nitrogens with two attached hydrogens (primary N) is 1. The number of hydrogen-bond donors (Lipinski definition) is 2. The van der Waals surface area contributed by atoms with Crippen LogP contribution in [-0.4, -0.2) is 19.0 Å². The highest BCUT2D eigenvalue weighted by atomic mass is 16.1. The summed E-state index contributed by atoms with van der Waals surface area (Å²) in [5, 5.41) is 2.93. The van der Waals surface area contributed by atoms with Gasteiger partial charge in [-0.1, -0.05) is 12.8 Å². The van der Waals surface area contributed by atoms with Crippen molar-refractivity contribution in [1.82, 2.24) is 5.32 Å². The van der Waals surface area contributed by atoms with Crippen LogP contribution in [0.25, 0.3) is 0 Å². The second kappa shape index (κ2) is 5.97. The SMILES string of the molecule is NCCCCC(=O)NCCC1CC1. The quantitative estimate of drug-likeness (QED) is 0.581. The summed E-state index contributed by atoms with van der Waals surface area (Å²) in [6, 6.07) is 0. The molecule has 0 heterocycles. The maximum absolute atomic E-state index is 11.2. The minimum Gasteiger partial charge on any atom is -0.356 e. The molecule has 0 aromatic carbocycles. The summed E-state index contributed by atoms with van der Waals surface area (Å²) in [5.41, 5.74) is 5.33. The van der Waals surface area contributed by atoms with Crippen LogP contribution < -0.4 is 11.1 Å². The number of carbonyl (C=O) groups is 1. The highest BCUT2D eigenvalue weighted by Crippen LogP contribution is 2.31. The molecule has 0 unspecified atom stereocenters. The monoisotopic (exact) mass is 184 g/mol. The van der Waals surface area contributed by atoms with Gasteiger partial charge in [0.05, 0.1) is 0 Å². The fourth-order valence-electron chi connectivity index (χ4n) is 1.34. The van der Waals surface area contributed by atoms with E-state index in [1.807, 2.05) is 0 Å². The molecule has 1 rings (SSSR count). The van der Waals surface area contributed by atoms with Gasteiger partial charge in [-0.3, -0.25) is 4.79 Å². The van der Waals surface area contributed by atoms with Crippen LogP contribution in [0.15, 0.2) is 0 Å². The largest absolute Gasteiger partial charge is 0.356 e. The van der Waals surface area contributed by atoms with Crippen LogP contribution in [0.1, 0.15) is 38.5 Å². The van der Waals surface area contributed by atoms with E-state index in [-0.39, 0.29) is 5.91 Å². The molecule has 3 heteroatoms. The summed E-state index contributed by atoms with van der Waals surface area (Å²) in [6.45, 7) is 1.56. The first-order chi connectivity index (χ1) is 6.33. The molecule has 3 nitrogen and oxygen atoms in total. The topological polar surface area (TPSA) is 55.1 Å². The molecule has 1 fully saturated rings. The van der Waals surface area contributed by atoms with Crippen molar-refractivity contribution in [3.63, 3.8) is 0 Å². The van der Waals surface area contributed by atoms with Gasteiger partial charge in [-0.15, -0.1) is 0 Å². The van der Waals surface area contributed by atoms with Crippen LogP contribution in [-0.2, 0) is 4.79 Å². The molecule has 0 radical (unpaired) electrons. The van der Waals surface area contributed by atoms with Crippen LogP contribution in [0.4, 0.5) is 0 Å². The molecule has 0 spiro atoms. The van der Waals surface area contributed by atoms with E-state index in [0.717, 1.165) is 25.3 Å². The Morgan fingerprint density at radius 2 is 2.15 bits per heavy atom. The smallest absolute Gasteiger partial charge is 0.219 e. The molecule has 76 valence electrons. The molecule has 1 aliphatic carbocycles. The van der Waals surface area contributed by atoms with Gasteiger partial charge in [0.15, 0.2) is 0 Å². The van der Waals surface area contributed by atoms with Crippen LogP contribution in [0, 0.1) is 5.92 Å². The summed E-state index contributed by atoms with van der Waals surface area (Å²) in [5.74, 6) is 1.10. The minimum absolute atomic E-state index is 0.189. The number of rotatable bonds is 7. The Labute approximate surface area is 80.1 Å². The Hall–Kier alpha value is -0.570. The molecular weight excluding hydrogens is 164 g/mol. The molecule has 3 N–H and O–H groups in total. The lowest BCUT2D eigenvalue weighted by Gasteiger charge is -2.03. The minimum atomic E-state index is 0.189. The van der Waals surface area contributed by atoms with Gasteiger partial charge in [0.25, 0.3) is 0 Å². The maximum atomic E-state index is 11.2. The number of unbranched alkanes of at least 4 members (excludes halogenated alkanes) is 1. The Morgan fingerprint density at radius 3 is 2.77 bits per heavy atom. The van der Waals surface area contributed by atoms with Crippen LogP contribution in [0.2, 0.25) is 0 Å². The number of amides is 1. The molecule has 0 aromatic rings. The lowest BCUT2D eigenvalue weighted by molar-refractivity contribution is -0.121. The Balaban J connectivity index is 1.84. The second-order valence-corrected chi connectivity index (χ2v) is 3.83. The third kappa shape index (κ3) is 5.64. The van der Waals surface area contributed by atoms with Gasteiger partial charge in [0.1, 0.15) is 0 Å². The van der Waals surface area contributed by atoms with Crippen molar-refractivity contribution in [2.45, 2.75) is 38.5 Å². The van der Waals surface area contributed by atoms with Crippen LogP contribution in [0.5, 0.6) is 0 Å². The standard InChI is InChI=1S/C10H20N2O/c11-7-2-1-3-10(13)12-8-6-9-4-5-9/h9H,1-8,11H2,(H,12,13). The predicted octanol–water partition coefficient (Wildman–Crippen LogP) is 1.03. The Kier molecular flexibility index (Phi) is 4.83. The zero-order valence-electron chi connectivity index (χ0n) is 8.22. The summed E-state index contributed by atoms with van der Waals surface area (Å²) in [7, 11) is 0. The molecule has 0 bridgehead atoms. The van der Waals surface area contributed by atoms with E-state index in [2.05, 4.69) is 5.32 Å². The first-order valence-corrected chi connectivity index (χ1v) is 5.29. The van der Waals surface area contributed by atoms with E-state index < -0.39 is 0 Å². The first-order valence-electron chi connectivity index (χ1n) is 5.29. The lowest BCUT2D eigenvalue weighted by Crippen LogP contribution is -2.24. The van der Waals surface area contributed by atoms with E-state index >= 15 is 0 Å². The molecule has 0 atom stereocenters. The average molecular weight is 184 g/mol. The molecule has 0 aromatic heterocycles.